The summed E-state index contributed by atoms with van der Waals surface area (Å²) >= 11 is 3.21. The lowest BCUT2D eigenvalue weighted by atomic mass is 10.1. The number of esters is 1. The maximum absolute atomic E-state index is 13.5. The molecule has 1 atom stereocenters. The zero-order valence-electron chi connectivity index (χ0n) is 19.2. The summed E-state index contributed by atoms with van der Waals surface area (Å²) in [5.74, 6) is -0.713. The Morgan fingerprint density at radius 2 is 1.73 bits per heavy atom. The van der Waals surface area contributed by atoms with Gasteiger partial charge in [-0.15, -0.1) is 0 Å². The second-order valence-corrected chi connectivity index (χ2v) is 9.51. The number of ether oxygens (including phenoxy) is 3. The third-order valence-electron chi connectivity index (χ3n) is 4.84. The first-order chi connectivity index (χ1) is 15.3. The Balaban J connectivity index is 2.12. The third-order valence-corrected chi connectivity index (χ3v) is 5.30. The van der Waals surface area contributed by atoms with Gasteiger partial charge in [-0.05, 0) is 44.5 Å². The molecule has 1 fully saturated rings. The van der Waals surface area contributed by atoms with Crippen molar-refractivity contribution < 1.29 is 37.0 Å². The van der Waals surface area contributed by atoms with Crippen molar-refractivity contribution in [3.05, 3.63) is 29.3 Å². The van der Waals surface area contributed by atoms with E-state index in [1.807, 2.05) is 4.90 Å². The number of hydrogen-bond acceptors (Lipinski definition) is 6. The molecule has 186 valence electrons. The molecule has 0 spiro atoms. The van der Waals surface area contributed by atoms with Gasteiger partial charge in [0.2, 0.25) is 0 Å². The van der Waals surface area contributed by atoms with Gasteiger partial charge in [0.25, 0.3) is 0 Å². The zero-order valence-corrected chi connectivity index (χ0v) is 20.8. The van der Waals surface area contributed by atoms with Crippen molar-refractivity contribution in [3.8, 4) is 5.75 Å². The third kappa shape index (κ3) is 8.69. The maximum Gasteiger partial charge on any atom is 0.416 e. The minimum atomic E-state index is -4.57. The summed E-state index contributed by atoms with van der Waals surface area (Å²) in [5.41, 5.74) is -1.06. The molecule has 0 bridgehead atoms. The highest BCUT2D eigenvalue weighted by atomic mass is 79.9. The fraction of sp³-hybridized carbons (Fsp3) is 0.636. The van der Waals surface area contributed by atoms with Crippen LogP contribution in [0.5, 0.6) is 5.75 Å². The van der Waals surface area contributed by atoms with Crippen LogP contribution in [0.25, 0.3) is 0 Å². The minimum Gasteiger partial charge on any atom is -0.479 e. The van der Waals surface area contributed by atoms with Crippen molar-refractivity contribution in [1.82, 2.24) is 9.80 Å². The van der Waals surface area contributed by atoms with Crippen LogP contribution in [0.2, 0.25) is 0 Å². The minimum absolute atomic E-state index is 0.0523. The molecule has 2 rings (SSSR count). The van der Waals surface area contributed by atoms with Gasteiger partial charge in [-0.1, -0.05) is 15.9 Å². The molecule has 0 unspecified atom stereocenters. The monoisotopic (exact) mass is 538 g/mol. The van der Waals surface area contributed by atoms with Gasteiger partial charge in [-0.25, -0.2) is 9.59 Å². The van der Waals surface area contributed by atoms with Crippen molar-refractivity contribution in [2.24, 2.45) is 0 Å². The molecule has 11 heteroatoms. The molecule has 0 saturated carbocycles. The van der Waals surface area contributed by atoms with E-state index in [1.165, 1.54) is 13.2 Å². The number of carbonyl (C=O) groups excluding carboxylic acids is 2. The Kier molecular flexibility index (Phi) is 9.42. The van der Waals surface area contributed by atoms with E-state index in [1.54, 1.807) is 25.7 Å². The molecule has 0 aliphatic carbocycles. The van der Waals surface area contributed by atoms with Crippen LogP contribution in [0.4, 0.5) is 18.0 Å². The number of methoxy groups -OCH3 is 1. The molecule has 1 aliphatic heterocycles. The van der Waals surface area contributed by atoms with E-state index in [0.717, 1.165) is 12.1 Å². The number of benzene rings is 1. The van der Waals surface area contributed by atoms with Crippen LogP contribution >= 0.6 is 15.9 Å². The maximum atomic E-state index is 13.5. The highest BCUT2D eigenvalue weighted by molar-refractivity contribution is 9.09. The first-order valence-electron chi connectivity index (χ1n) is 10.5. The lowest BCUT2D eigenvalue weighted by Crippen LogP contribution is -2.49. The second kappa shape index (κ2) is 11.4. The molecule has 1 aliphatic rings. The van der Waals surface area contributed by atoms with Gasteiger partial charge in [0, 0.05) is 44.5 Å². The summed E-state index contributed by atoms with van der Waals surface area (Å²) in [4.78, 5) is 27.7. The Morgan fingerprint density at radius 3 is 2.24 bits per heavy atom. The van der Waals surface area contributed by atoms with E-state index < -0.39 is 35.5 Å². The van der Waals surface area contributed by atoms with Gasteiger partial charge in [0.05, 0.1) is 12.7 Å². The normalized spacial score (nSPS) is 16.3. The number of nitrogens with zero attached hydrogens (tertiary/aromatic N) is 2. The highest BCUT2D eigenvalue weighted by Gasteiger charge is 2.33. The molecule has 0 N–H and O–H groups in total. The topological polar surface area (TPSA) is 68.3 Å². The van der Waals surface area contributed by atoms with E-state index in [9.17, 15) is 22.8 Å². The van der Waals surface area contributed by atoms with Crippen LogP contribution in [-0.2, 0) is 27.0 Å². The number of amides is 1. The Bertz CT molecular complexity index is 821. The number of alkyl halides is 4. The van der Waals surface area contributed by atoms with Gasteiger partial charge < -0.3 is 19.1 Å². The molecule has 7 nitrogen and oxygen atoms in total. The molecule has 1 saturated heterocycles. The van der Waals surface area contributed by atoms with E-state index in [2.05, 4.69) is 20.7 Å². The van der Waals surface area contributed by atoms with Crippen LogP contribution in [0.1, 0.15) is 38.3 Å². The predicted molar refractivity (Wildman–Crippen MR) is 119 cm³/mol. The highest BCUT2D eigenvalue weighted by Crippen LogP contribution is 2.33. The Morgan fingerprint density at radius 1 is 1.09 bits per heavy atom. The summed E-state index contributed by atoms with van der Waals surface area (Å²) in [6.07, 6.45) is -5.76. The number of halogens is 4. The first kappa shape index (κ1) is 27.2. The average molecular weight is 539 g/mol. The Labute approximate surface area is 200 Å². The van der Waals surface area contributed by atoms with Gasteiger partial charge >= 0.3 is 18.2 Å². The molecular formula is C22H30BrF3N2O5. The lowest BCUT2D eigenvalue weighted by Gasteiger charge is -2.35. The van der Waals surface area contributed by atoms with Crippen LogP contribution in [0.15, 0.2) is 18.2 Å². The van der Waals surface area contributed by atoms with Crippen LogP contribution < -0.4 is 4.74 Å². The van der Waals surface area contributed by atoms with Gasteiger partial charge in [-0.3, -0.25) is 4.90 Å². The van der Waals surface area contributed by atoms with Gasteiger partial charge in [-0.2, -0.15) is 13.2 Å². The molecule has 1 aromatic carbocycles. The molecule has 1 heterocycles. The molecule has 1 aromatic rings. The number of piperazine rings is 1. The molecule has 1 amide bonds. The largest absolute Gasteiger partial charge is 0.479 e. The fourth-order valence-electron chi connectivity index (χ4n) is 3.28. The number of hydrogen-bond donors (Lipinski definition) is 0. The smallest absolute Gasteiger partial charge is 0.416 e. The van der Waals surface area contributed by atoms with Crippen molar-refractivity contribution in [2.75, 3.05) is 38.6 Å². The zero-order chi connectivity index (χ0) is 24.8. The summed E-state index contributed by atoms with van der Waals surface area (Å²) in [6, 6.07) is 3.46. The van der Waals surface area contributed by atoms with E-state index >= 15 is 0 Å². The summed E-state index contributed by atoms with van der Waals surface area (Å²) in [6.45, 7) is 7.40. The summed E-state index contributed by atoms with van der Waals surface area (Å²) in [5, 5.41) is 0.417. The van der Waals surface area contributed by atoms with Crippen LogP contribution in [-0.4, -0.2) is 72.2 Å². The van der Waals surface area contributed by atoms with Gasteiger partial charge in [0.15, 0.2) is 6.10 Å². The number of rotatable bonds is 7. The SMILES string of the molecule is COC(=O)[C@H](CCBr)Oc1cc(CN2CCN(C(=O)OC(C)(C)C)CC2)cc(C(F)(F)F)c1. The van der Waals surface area contributed by atoms with Crippen LogP contribution in [0, 0.1) is 0 Å². The second-order valence-electron chi connectivity index (χ2n) is 8.71. The van der Waals surface area contributed by atoms with E-state index in [-0.39, 0.29) is 18.7 Å². The average Bonchev–Trinajstić information content (AvgIpc) is 2.71. The first-order valence-corrected chi connectivity index (χ1v) is 11.7. The van der Waals surface area contributed by atoms with Crippen molar-refractivity contribution in [1.29, 1.82) is 0 Å². The molecule has 0 radical (unpaired) electrons. The predicted octanol–water partition coefficient (Wildman–Crippen LogP) is 4.46. The van der Waals surface area contributed by atoms with Crippen molar-refractivity contribution >= 4 is 28.0 Å². The quantitative estimate of drug-likeness (QED) is 0.377. The van der Waals surface area contributed by atoms with Crippen LogP contribution in [0.3, 0.4) is 0 Å². The fourth-order valence-corrected chi connectivity index (χ4v) is 3.69. The number of carbonyl (C=O) groups is 2. The van der Waals surface area contributed by atoms with Crippen molar-refractivity contribution in [2.45, 2.75) is 51.6 Å². The van der Waals surface area contributed by atoms with E-state index in [4.69, 9.17) is 9.47 Å². The van der Waals surface area contributed by atoms with E-state index in [0.29, 0.717) is 37.1 Å². The molecular weight excluding hydrogens is 509 g/mol. The summed E-state index contributed by atoms with van der Waals surface area (Å²) in [7, 11) is 1.20. The molecule has 0 aromatic heterocycles. The van der Waals surface area contributed by atoms with Gasteiger partial charge in [0.1, 0.15) is 11.4 Å². The molecule has 33 heavy (non-hydrogen) atoms. The standard InChI is InChI=1S/C22H30BrF3N2O5/c1-21(2,3)33-20(30)28-9-7-27(8-10-28)14-15-11-16(22(24,25)26)13-17(12-15)32-18(5-6-23)19(29)31-4/h11-13,18H,5-10,14H2,1-4H3/t18-/m0/s1. The lowest BCUT2D eigenvalue weighted by molar-refractivity contribution is -0.148. The summed E-state index contributed by atoms with van der Waals surface area (Å²) < 4.78 is 56.1. The van der Waals surface area contributed by atoms with Crippen molar-refractivity contribution in [3.63, 3.8) is 0 Å². The Hall–Kier alpha value is -2.01.